The van der Waals surface area contributed by atoms with Crippen molar-refractivity contribution < 1.29 is 4.74 Å². The molecule has 5 aliphatic rings. The molecule has 4 aliphatic carbocycles. The third kappa shape index (κ3) is 6.07. The van der Waals surface area contributed by atoms with Gasteiger partial charge in [0, 0.05) is 37.3 Å². The molecule has 3 nitrogen and oxygen atoms in total. The Bertz CT molecular complexity index is 433. The van der Waals surface area contributed by atoms with E-state index < -0.39 is 0 Å². The summed E-state index contributed by atoms with van der Waals surface area (Å²) in [7, 11) is 0. The molecule has 1 saturated heterocycles. The van der Waals surface area contributed by atoms with Crippen LogP contribution in [0.25, 0.3) is 0 Å². The van der Waals surface area contributed by atoms with Gasteiger partial charge in [0.15, 0.2) is 0 Å². The fraction of sp³-hybridized carbons (Fsp3) is 1.00. The van der Waals surface area contributed by atoms with Gasteiger partial charge in [0.1, 0.15) is 0 Å². The van der Waals surface area contributed by atoms with E-state index in [2.05, 4.69) is 9.80 Å². The minimum Gasteiger partial charge on any atom is -0.367 e. The van der Waals surface area contributed by atoms with Gasteiger partial charge in [0.25, 0.3) is 0 Å². The van der Waals surface area contributed by atoms with E-state index >= 15 is 0 Å². The Labute approximate surface area is 192 Å². The van der Waals surface area contributed by atoms with Crippen molar-refractivity contribution in [2.75, 3.05) is 13.1 Å². The lowest BCUT2D eigenvalue weighted by Gasteiger charge is -2.42. The third-order valence-electron chi connectivity index (χ3n) is 9.64. The second-order valence-electron chi connectivity index (χ2n) is 11.8. The fourth-order valence-electron chi connectivity index (χ4n) is 7.76. The zero-order chi connectivity index (χ0) is 20.9. The monoisotopic (exact) mass is 430 g/mol. The van der Waals surface area contributed by atoms with Gasteiger partial charge in [0.2, 0.25) is 0 Å². The number of hydrogen-bond donors (Lipinski definition) is 0. The molecule has 0 bridgehead atoms. The lowest BCUT2D eigenvalue weighted by Crippen LogP contribution is -2.49. The summed E-state index contributed by atoms with van der Waals surface area (Å²) in [6.45, 7) is 2.48. The van der Waals surface area contributed by atoms with Crippen LogP contribution in [0.2, 0.25) is 0 Å². The van der Waals surface area contributed by atoms with E-state index in [1.807, 2.05) is 0 Å². The summed E-state index contributed by atoms with van der Waals surface area (Å²) >= 11 is 0. The molecule has 0 spiro atoms. The molecule has 5 fully saturated rings. The molecule has 0 N–H and O–H groups in total. The van der Waals surface area contributed by atoms with E-state index in [4.69, 9.17) is 4.74 Å². The lowest BCUT2D eigenvalue weighted by molar-refractivity contribution is 0.0728. The molecule has 2 atom stereocenters. The van der Waals surface area contributed by atoms with Crippen molar-refractivity contribution in [3.63, 3.8) is 0 Å². The number of hydrogen-bond acceptors (Lipinski definition) is 3. The number of epoxide rings is 1. The number of rotatable bonds is 8. The average molecular weight is 431 g/mol. The van der Waals surface area contributed by atoms with Crippen molar-refractivity contribution in [2.24, 2.45) is 0 Å². The van der Waals surface area contributed by atoms with Crippen LogP contribution in [0, 0.1) is 0 Å². The Morgan fingerprint density at radius 2 is 0.645 bits per heavy atom. The molecular formula is C28H50N2O. The molecular weight excluding hydrogens is 380 g/mol. The normalized spacial score (nSPS) is 32.7. The lowest BCUT2D eigenvalue weighted by atomic mass is 9.88. The van der Waals surface area contributed by atoms with E-state index in [0.29, 0.717) is 12.2 Å². The van der Waals surface area contributed by atoms with E-state index in [-0.39, 0.29) is 0 Å². The summed E-state index contributed by atoms with van der Waals surface area (Å²) in [5.74, 6) is 0. The van der Waals surface area contributed by atoms with Crippen molar-refractivity contribution >= 4 is 0 Å². The van der Waals surface area contributed by atoms with Crippen LogP contribution in [-0.2, 0) is 4.74 Å². The summed E-state index contributed by atoms with van der Waals surface area (Å²) < 4.78 is 6.46. The molecule has 5 rings (SSSR count). The third-order valence-corrected chi connectivity index (χ3v) is 9.64. The maximum absolute atomic E-state index is 6.46. The van der Waals surface area contributed by atoms with Crippen molar-refractivity contribution in [1.29, 1.82) is 0 Å². The highest BCUT2D eigenvalue weighted by atomic mass is 16.6. The first-order valence-corrected chi connectivity index (χ1v) is 14.6. The molecule has 3 heteroatoms. The molecule has 2 unspecified atom stereocenters. The Hall–Kier alpha value is -0.120. The van der Waals surface area contributed by atoms with Gasteiger partial charge in [-0.15, -0.1) is 0 Å². The molecule has 178 valence electrons. The Morgan fingerprint density at radius 3 is 0.903 bits per heavy atom. The molecule has 0 aromatic carbocycles. The van der Waals surface area contributed by atoms with Crippen LogP contribution < -0.4 is 0 Å². The van der Waals surface area contributed by atoms with E-state index in [0.717, 1.165) is 24.2 Å². The Kier molecular flexibility index (Phi) is 8.29. The highest BCUT2D eigenvalue weighted by molar-refractivity contribution is 4.96. The Morgan fingerprint density at radius 1 is 0.387 bits per heavy atom. The summed E-state index contributed by atoms with van der Waals surface area (Å²) in [6, 6.07) is 3.42. The smallest absolute Gasteiger partial charge is 0.0981 e. The van der Waals surface area contributed by atoms with Crippen molar-refractivity contribution in [2.45, 2.75) is 165 Å². The second kappa shape index (κ2) is 11.3. The molecule has 0 amide bonds. The van der Waals surface area contributed by atoms with Crippen LogP contribution >= 0.6 is 0 Å². The van der Waals surface area contributed by atoms with Crippen LogP contribution in [0.3, 0.4) is 0 Å². The van der Waals surface area contributed by atoms with Crippen LogP contribution in [0.5, 0.6) is 0 Å². The van der Waals surface area contributed by atoms with Crippen molar-refractivity contribution in [3.05, 3.63) is 0 Å². The van der Waals surface area contributed by atoms with Gasteiger partial charge in [-0.3, -0.25) is 9.80 Å². The second-order valence-corrected chi connectivity index (χ2v) is 11.8. The zero-order valence-electron chi connectivity index (χ0n) is 20.3. The van der Waals surface area contributed by atoms with Gasteiger partial charge in [-0.25, -0.2) is 0 Å². The van der Waals surface area contributed by atoms with Crippen molar-refractivity contribution in [3.8, 4) is 0 Å². The predicted molar refractivity (Wildman–Crippen MR) is 130 cm³/mol. The molecule has 0 radical (unpaired) electrons. The van der Waals surface area contributed by atoms with Gasteiger partial charge in [0.05, 0.1) is 12.2 Å². The zero-order valence-corrected chi connectivity index (χ0v) is 20.3. The van der Waals surface area contributed by atoms with Crippen LogP contribution in [0.4, 0.5) is 0 Å². The predicted octanol–water partition coefficient (Wildman–Crippen LogP) is 6.69. The quantitative estimate of drug-likeness (QED) is 0.400. The van der Waals surface area contributed by atoms with Gasteiger partial charge in [-0.2, -0.15) is 0 Å². The summed E-state index contributed by atoms with van der Waals surface area (Å²) in [5.41, 5.74) is 0. The first-order valence-electron chi connectivity index (χ1n) is 14.6. The Balaban J connectivity index is 1.19. The van der Waals surface area contributed by atoms with Gasteiger partial charge >= 0.3 is 0 Å². The van der Waals surface area contributed by atoms with Gasteiger partial charge < -0.3 is 4.74 Å². The van der Waals surface area contributed by atoms with Crippen molar-refractivity contribution in [1.82, 2.24) is 9.80 Å². The summed E-state index contributed by atoms with van der Waals surface area (Å²) in [6.07, 6.45) is 30.2. The molecule has 4 saturated carbocycles. The first-order chi connectivity index (χ1) is 15.4. The number of ether oxygens (including phenoxy) is 1. The van der Waals surface area contributed by atoms with E-state index in [1.165, 1.54) is 142 Å². The average Bonchev–Trinajstić information content (AvgIpc) is 3.61. The van der Waals surface area contributed by atoms with Crippen LogP contribution in [-0.4, -0.2) is 59.3 Å². The largest absolute Gasteiger partial charge is 0.367 e. The number of nitrogens with zero attached hydrogens (tertiary/aromatic N) is 2. The van der Waals surface area contributed by atoms with Crippen LogP contribution in [0.1, 0.15) is 128 Å². The first kappa shape index (κ1) is 22.7. The minimum atomic E-state index is 0.526. The standard InChI is InChI=1S/C28H50N2O/c1-5-13-23(14-6-1)29(24-15-7-2-8-16-24)21-27-28(31-27)22-30(25-17-9-3-10-18-25)26-19-11-4-12-20-26/h23-28H,1-22H2. The molecule has 1 heterocycles. The summed E-state index contributed by atoms with van der Waals surface area (Å²) in [5, 5.41) is 0. The van der Waals surface area contributed by atoms with E-state index in [9.17, 15) is 0 Å². The molecule has 31 heavy (non-hydrogen) atoms. The van der Waals surface area contributed by atoms with Gasteiger partial charge in [-0.1, -0.05) is 77.0 Å². The fourth-order valence-corrected chi connectivity index (χ4v) is 7.76. The van der Waals surface area contributed by atoms with Gasteiger partial charge in [-0.05, 0) is 51.4 Å². The highest BCUT2D eigenvalue weighted by Crippen LogP contribution is 2.36. The molecule has 0 aromatic rings. The topological polar surface area (TPSA) is 19.0 Å². The maximum atomic E-state index is 6.46. The SMILES string of the molecule is C1CCC(N(CC2OC2CN(C2CCCCC2)C2CCCCC2)C2CCCCC2)CC1. The minimum absolute atomic E-state index is 0.526. The molecule has 0 aromatic heterocycles. The maximum Gasteiger partial charge on any atom is 0.0981 e. The van der Waals surface area contributed by atoms with Crippen LogP contribution in [0.15, 0.2) is 0 Å². The van der Waals surface area contributed by atoms with E-state index in [1.54, 1.807) is 0 Å². The summed E-state index contributed by atoms with van der Waals surface area (Å²) in [4.78, 5) is 5.96. The highest BCUT2D eigenvalue weighted by Gasteiger charge is 2.45. The molecule has 1 aliphatic heterocycles.